The zero-order valence-electron chi connectivity index (χ0n) is 12.5. The minimum absolute atomic E-state index is 0.114. The van der Waals surface area contributed by atoms with E-state index in [2.05, 4.69) is 10.2 Å². The minimum atomic E-state index is -4.11. The molecule has 0 saturated carbocycles. The lowest BCUT2D eigenvalue weighted by atomic mass is 9.97. The van der Waals surface area contributed by atoms with E-state index >= 15 is 0 Å². The van der Waals surface area contributed by atoms with Gasteiger partial charge in [0.05, 0.1) is 6.61 Å². The van der Waals surface area contributed by atoms with Crippen molar-refractivity contribution in [3.63, 3.8) is 0 Å². The fourth-order valence-electron chi connectivity index (χ4n) is 3.27. The van der Waals surface area contributed by atoms with Crippen LogP contribution >= 0.6 is 0 Å². The Hall–Kier alpha value is -1.27. The standard InChI is InChI=1S/C16H21F3N2O/c17-16(18,19)5-3-14(21-8-6-20-7-9-21)12-1-2-15-13(11-12)4-10-22-15/h1-2,11,14,20H,3-10H2/t14-/m1/s1. The fourth-order valence-corrected chi connectivity index (χ4v) is 3.27. The van der Waals surface area contributed by atoms with Gasteiger partial charge in [0.2, 0.25) is 0 Å². The molecule has 122 valence electrons. The number of nitrogens with one attached hydrogen (secondary N) is 1. The molecular weight excluding hydrogens is 293 g/mol. The zero-order valence-corrected chi connectivity index (χ0v) is 12.5. The molecule has 6 heteroatoms. The second-order valence-corrected chi connectivity index (χ2v) is 5.92. The van der Waals surface area contributed by atoms with E-state index in [0.717, 1.165) is 49.5 Å². The van der Waals surface area contributed by atoms with E-state index in [1.54, 1.807) is 0 Å². The predicted molar refractivity (Wildman–Crippen MR) is 78.1 cm³/mol. The number of hydrogen-bond donors (Lipinski definition) is 1. The third kappa shape index (κ3) is 3.73. The number of ether oxygens (including phenoxy) is 1. The van der Waals surface area contributed by atoms with Crippen molar-refractivity contribution in [1.29, 1.82) is 0 Å². The van der Waals surface area contributed by atoms with Crippen LogP contribution in [0.4, 0.5) is 13.2 Å². The van der Waals surface area contributed by atoms with Crippen molar-refractivity contribution in [3.8, 4) is 5.75 Å². The Balaban J connectivity index is 1.80. The number of hydrogen-bond acceptors (Lipinski definition) is 3. The van der Waals surface area contributed by atoms with E-state index in [1.807, 2.05) is 18.2 Å². The van der Waals surface area contributed by atoms with Gasteiger partial charge in [-0.15, -0.1) is 0 Å². The highest BCUT2D eigenvalue weighted by molar-refractivity contribution is 5.40. The van der Waals surface area contributed by atoms with Crippen molar-refractivity contribution in [2.24, 2.45) is 0 Å². The van der Waals surface area contributed by atoms with Gasteiger partial charge < -0.3 is 10.1 Å². The quantitative estimate of drug-likeness (QED) is 0.925. The molecule has 1 aromatic rings. The van der Waals surface area contributed by atoms with Crippen LogP contribution in [-0.4, -0.2) is 43.9 Å². The van der Waals surface area contributed by atoms with Gasteiger partial charge >= 0.3 is 6.18 Å². The number of fused-ring (bicyclic) bond motifs is 1. The first-order chi connectivity index (χ1) is 10.5. The molecule has 0 amide bonds. The summed E-state index contributed by atoms with van der Waals surface area (Å²) in [6.45, 7) is 3.90. The van der Waals surface area contributed by atoms with Crippen LogP contribution in [0.5, 0.6) is 5.75 Å². The fraction of sp³-hybridized carbons (Fsp3) is 0.625. The molecule has 3 nitrogen and oxygen atoms in total. The number of alkyl halides is 3. The summed E-state index contributed by atoms with van der Waals surface area (Å²) in [5.41, 5.74) is 2.10. The zero-order chi connectivity index (χ0) is 15.6. The first kappa shape index (κ1) is 15.6. The average Bonchev–Trinajstić information content (AvgIpc) is 2.95. The topological polar surface area (TPSA) is 24.5 Å². The second-order valence-electron chi connectivity index (χ2n) is 5.92. The number of nitrogens with zero attached hydrogens (tertiary/aromatic N) is 1. The summed E-state index contributed by atoms with van der Waals surface area (Å²) in [5.74, 6) is 0.874. The van der Waals surface area contributed by atoms with Crippen LogP contribution in [-0.2, 0) is 6.42 Å². The summed E-state index contributed by atoms with van der Waals surface area (Å²) in [4.78, 5) is 2.17. The summed E-state index contributed by atoms with van der Waals surface area (Å²) >= 11 is 0. The highest BCUT2D eigenvalue weighted by Crippen LogP contribution is 2.35. The summed E-state index contributed by atoms with van der Waals surface area (Å²) in [5, 5.41) is 3.25. The maximum Gasteiger partial charge on any atom is 0.389 e. The van der Waals surface area contributed by atoms with Crippen LogP contribution in [0.15, 0.2) is 18.2 Å². The van der Waals surface area contributed by atoms with Crippen LogP contribution in [0, 0.1) is 0 Å². The van der Waals surface area contributed by atoms with E-state index < -0.39 is 12.6 Å². The van der Waals surface area contributed by atoms with Gasteiger partial charge in [-0.05, 0) is 23.6 Å². The highest BCUT2D eigenvalue weighted by atomic mass is 19.4. The van der Waals surface area contributed by atoms with Crippen molar-refractivity contribution in [2.75, 3.05) is 32.8 Å². The molecule has 1 fully saturated rings. The van der Waals surface area contributed by atoms with Gasteiger partial charge in [0, 0.05) is 45.1 Å². The van der Waals surface area contributed by atoms with Crippen LogP contribution in [0.25, 0.3) is 0 Å². The lowest BCUT2D eigenvalue weighted by Gasteiger charge is -2.35. The first-order valence-electron chi connectivity index (χ1n) is 7.80. The largest absolute Gasteiger partial charge is 0.493 e. The third-order valence-electron chi connectivity index (χ3n) is 4.39. The van der Waals surface area contributed by atoms with Crippen LogP contribution in [0.2, 0.25) is 0 Å². The molecular formula is C16H21F3N2O. The molecule has 0 radical (unpaired) electrons. The van der Waals surface area contributed by atoms with Gasteiger partial charge in [-0.25, -0.2) is 0 Å². The molecule has 1 aromatic carbocycles. The molecule has 0 unspecified atom stereocenters. The summed E-state index contributed by atoms with van der Waals surface area (Å²) in [6.07, 6.45) is -3.89. The number of piperazine rings is 1. The normalized spacial score (nSPS) is 20.5. The van der Waals surface area contributed by atoms with E-state index in [4.69, 9.17) is 4.74 Å². The minimum Gasteiger partial charge on any atom is -0.493 e. The Morgan fingerprint density at radius 2 is 2.00 bits per heavy atom. The molecule has 2 heterocycles. The van der Waals surface area contributed by atoms with Crippen molar-refractivity contribution >= 4 is 0 Å². The molecule has 1 atom stereocenters. The summed E-state index contributed by atoms with van der Waals surface area (Å²) in [6, 6.07) is 5.69. The lowest BCUT2D eigenvalue weighted by molar-refractivity contribution is -0.138. The van der Waals surface area contributed by atoms with Crippen LogP contribution in [0.3, 0.4) is 0 Å². The SMILES string of the molecule is FC(F)(F)CC[C@H](c1ccc2c(c1)CCO2)N1CCNCC1. The van der Waals surface area contributed by atoms with Gasteiger partial charge in [-0.1, -0.05) is 12.1 Å². The Kier molecular flexibility index (Phi) is 4.59. The van der Waals surface area contributed by atoms with Crippen molar-refractivity contribution in [2.45, 2.75) is 31.5 Å². The molecule has 22 heavy (non-hydrogen) atoms. The van der Waals surface area contributed by atoms with Crippen LogP contribution in [0.1, 0.15) is 30.0 Å². The van der Waals surface area contributed by atoms with Crippen molar-refractivity contribution in [3.05, 3.63) is 29.3 Å². The highest BCUT2D eigenvalue weighted by Gasteiger charge is 2.31. The first-order valence-corrected chi connectivity index (χ1v) is 7.80. The Labute approximate surface area is 128 Å². The molecule has 0 aromatic heterocycles. The monoisotopic (exact) mass is 314 g/mol. The van der Waals surface area contributed by atoms with E-state index in [9.17, 15) is 13.2 Å². The molecule has 2 aliphatic rings. The predicted octanol–water partition coefficient (Wildman–Crippen LogP) is 2.91. The van der Waals surface area contributed by atoms with E-state index in [0.29, 0.717) is 6.61 Å². The Morgan fingerprint density at radius 3 is 2.73 bits per heavy atom. The number of benzene rings is 1. The second kappa shape index (κ2) is 6.46. The maximum atomic E-state index is 12.7. The number of halogens is 3. The van der Waals surface area contributed by atoms with Gasteiger partial charge in [0.15, 0.2) is 0 Å². The smallest absolute Gasteiger partial charge is 0.389 e. The van der Waals surface area contributed by atoms with Gasteiger partial charge in [0.25, 0.3) is 0 Å². The van der Waals surface area contributed by atoms with Crippen molar-refractivity contribution in [1.82, 2.24) is 10.2 Å². The van der Waals surface area contributed by atoms with Gasteiger partial charge in [-0.2, -0.15) is 13.2 Å². The molecule has 1 N–H and O–H groups in total. The number of rotatable bonds is 4. The molecule has 2 aliphatic heterocycles. The van der Waals surface area contributed by atoms with Gasteiger partial charge in [-0.3, -0.25) is 4.90 Å². The summed E-state index contributed by atoms with van der Waals surface area (Å²) < 4.78 is 43.5. The van der Waals surface area contributed by atoms with E-state index in [-0.39, 0.29) is 12.5 Å². The third-order valence-corrected chi connectivity index (χ3v) is 4.39. The van der Waals surface area contributed by atoms with E-state index in [1.165, 1.54) is 0 Å². The summed E-state index contributed by atoms with van der Waals surface area (Å²) in [7, 11) is 0. The molecule has 0 aliphatic carbocycles. The molecule has 1 saturated heterocycles. The van der Waals surface area contributed by atoms with Crippen molar-refractivity contribution < 1.29 is 17.9 Å². The molecule has 0 bridgehead atoms. The Morgan fingerprint density at radius 1 is 1.23 bits per heavy atom. The Bertz CT molecular complexity index is 513. The average molecular weight is 314 g/mol. The molecule has 0 spiro atoms. The maximum absolute atomic E-state index is 12.7. The lowest BCUT2D eigenvalue weighted by Crippen LogP contribution is -2.45. The molecule has 3 rings (SSSR count). The van der Waals surface area contributed by atoms with Gasteiger partial charge in [0.1, 0.15) is 5.75 Å². The van der Waals surface area contributed by atoms with Crippen LogP contribution < -0.4 is 10.1 Å².